The maximum absolute atomic E-state index is 13.9. The van der Waals surface area contributed by atoms with Crippen LogP contribution in [0.3, 0.4) is 0 Å². The molecule has 0 aliphatic carbocycles. The molecule has 0 radical (unpaired) electrons. The van der Waals surface area contributed by atoms with Crippen molar-refractivity contribution in [1.29, 1.82) is 0 Å². The summed E-state index contributed by atoms with van der Waals surface area (Å²) in [6.45, 7) is 5.89. The van der Waals surface area contributed by atoms with E-state index in [1.807, 2.05) is 75.4 Å². The number of nitrogens with one attached hydrogen (secondary N) is 1. The molecule has 0 aliphatic heterocycles. The molecule has 0 unspecified atom stereocenters. The lowest BCUT2D eigenvalue weighted by Gasteiger charge is -2.34. The summed E-state index contributed by atoms with van der Waals surface area (Å²) in [5.74, 6) is -0.538. The van der Waals surface area contributed by atoms with Gasteiger partial charge in [0.2, 0.25) is 21.8 Å². The zero-order chi connectivity index (χ0) is 31.1. The average molecular weight is 698 g/mol. The third-order valence-electron chi connectivity index (χ3n) is 6.34. The van der Waals surface area contributed by atoms with E-state index in [2.05, 4.69) is 21.2 Å². The number of carbonyl (C=O) groups is 2. The molecule has 0 saturated heterocycles. The molecule has 226 valence electrons. The van der Waals surface area contributed by atoms with Gasteiger partial charge in [-0.15, -0.1) is 0 Å². The number of rotatable bonds is 12. The van der Waals surface area contributed by atoms with Crippen molar-refractivity contribution in [3.8, 4) is 0 Å². The van der Waals surface area contributed by atoms with Gasteiger partial charge in [0.1, 0.15) is 6.04 Å². The van der Waals surface area contributed by atoms with Crippen LogP contribution in [0.25, 0.3) is 0 Å². The second kappa shape index (κ2) is 14.7. The Bertz CT molecular complexity index is 1500. The van der Waals surface area contributed by atoms with Crippen molar-refractivity contribution in [3.05, 3.63) is 98.4 Å². The molecule has 2 amide bonds. The van der Waals surface area contributed by atoms with Gasteiger partial charge in [0, 0.05) is 41.0 Å². The summed E-state index contributed by atoms with van der Waals surface area (Å²) >= 11 is 15.9. The Morgan fingerprint density at radius 3 is 2.24 bits per heavy atom. The van der Waals surface area contributed by atoms with Crippen LogP contribution in [-0.4, -0.2) is 49.5 Å². The van der Waals surface area contributed by atoms with Crippen LogP contribution in [0.4, 0.5) is 5.69 Å². The first-order chi connectivity index (χ1) is 19.6. The SMILES string of the molecule is CC(C)(C)NC(=O)[C@H](Cc1ccccc1)N(Cc1cccc(Br)c1)C(=O)CCCN(c1cc(Cl)ccc1Cl)S(C)(=O)=O. The lowest BCUT2D eigenvalue weighted by molar-refractivity contribution is -0.142. The number of benzene rings is 3. The Hall–Kier alpha value is -2.59. The number of nitrogens with zero attached hydrogens (tertiary/aromatic N) is 2. The highest BCUT2D eigenvalue weighted by Crippen LogP contribution is 2.31. The molecule has 7 nitrogen and oxygen atoms in total. The minimum absolute atomic E-state index is 0.00625. The van der Waals surface area contributed by atoms with Gasteiger partial charge in [0.15, 0.2) is 0 Å². The molecule has 1 N–H and O–H groups in total. The van der Waals surface area contributed by atoms with E-state index in [-0.39, 0.29) is 48.5 Å². The summed E-state index contributed by atoms with van der Waals surface area (Å²) < 4.78 is 27.4. The van der Waals surface area contributed by atoms with E-state index in [1.165, 1.54) is 12.1 Å². The molecule has 3 aromatic rings. The van der Waals surface area contributed by atoms with Crippen molar-refractivity contribution < 1.29 is 18.0 Å². The first kappa shape index (κ1) is 33.9. The normalized spacial score (nSPS) is 12.5. The van der Waals surface area contributed by atoms with E-state index in [0.29, 0.717) is 11.4 Å². The highest BCUT2D eigenvalue weighted by molar-refractivity contribution is 9.10. The molecule has 3 rings (SSSR count). The van der Waals surface area contributed by atoms with Crippen molar-refractivity contribution in [1.82, 2.24) is 10.2 Å². The Morgan fingerprint density at radius 2 is 1.62 bits per heavy atom. The van der Waals surface area contributed by atoms with Crippen LogP contribution in [0.15, 0.2) is 77.3 Å². The van der Waals surface area contributed by atoms with Gasteiger partial charge in [-0.3, -0.25) is 13.9 Å². The fraction of sp³-hybridized carbons (Fsp3) is 0.355. The smallest absolute Gasteiger partial charge is 0.243 e. The van der Waals surface area contributed by atoms with Gasteiger partial charge >= 0.3 is 0 Å². The molecule has 0 fully saturated rings. The second-order valence-electron chi connectivity index (χ2n) is 11.1. The first-order valence-electron chi connectivity index (χ1n) is 13.5. The predicted molar refractivity (Wildman–Crippen MR) is 174 cm³/mol. The van der Waals surface area contributed by atoms with Gasteiger partial charge in [-0.05, 0) is 68.7 Å². The summed E-state index contributed by atoms with van der Waals surface area (Å²) in [6.07, 6.45) is 1.60. The van der Waals surface area contributed by atoms with Crippen LogP contribution >= 0.6 is 39.1 Å². The number of hydrogen-bond donors (Lipinski definition) is 1. The summed E-state index contributed by atoms with van der Waals surface area (Å²) in [5, 5.41) is 3.61. The number of hydrogen-bond acceptors (Lipinski definition) is 4. The predicted octanol–water partition coefficient (Wildman–Crippen LogP) is 6.86. The second-order valence-corrected chi connectivity index (χ2v) is 14.8. The molecule has 42 heavy (non-hydrogen) atoms. The molecule has 3 aromatic carbocycles. The zero-order valence-corrected chi connectivity index (χ0v) is 28.0. The molecule has 0 bridgehead atoms. The Morgan fingerprint density at radius 1 is 0.952 bits per heavy atom. The number of carbonyl (C=O) groups excluding carboxylic acids is 2. The van der Waals surface area contributed by atoms with Crippen LogP contribution < -0.4 is 9.62 Å². The maximum Gasteiger partial charge on any atom is 0.243 e. The van der Waals surface area contributed by atoms with Gasteiger partial charge in [-0.2, -0.15) is 0 Å². The average Bonchev–Trinajstić information content (AvgIpc) is 2.89. The number of anilines is 1. The maximum atomic E-state index is 13.9. The lowest BCUT2D eigenvalue weighted by atomic mass is 10.00. The zero-order valence-electron chi connectivity index (χ0n) is 24.1. The summed E-state index contributed by atoms with van der Waals surface area (Å²) in [4.78, 5) is 29.2. The van der Waals surface area contributed by atoms with Crippen LogP contribution in [0.1, 0.15) is 44.7 Å². The minimum atomic E-state index is -3.72. The van der Waals surface area contributed by atoms with Crippen molar-refractivity contribution >= 4 is 66.7 Å². The van der Waals surface area contributed by atoms with Crippen molar-refractivity contribution in [2.75, 3.05) is 17.1 Å². The molecule has 0 heterocycles. The lowest BCUT2D eigenvalue weighted by Crippen LogP contribution is -2.54. The summed E-state index contributed by atoms with van der Waals surface area (Å²) in [7, 11) is -3.72. The number of amides is 2. The van der Waals surface area contributed by atoms with Crippen molar-refractivity contribution in [3.63, 3.8) is 0 Å². The Balaban J connectivity index is 1.92. The molecule has 0 aromatic heterocycles. The Kier molecular flexibility index (Phi) is 11.9. The van der Waals surface area contributed by atoms with Gasteiger partial charge < -0.3 is 10.2 Å². The van der Waals surface area contributed by atoms with E-state index in [0.717, 1.165) is 26.2 Å². The topological polar surface area (TPSA) is 86.8 Å². The van der Waals surface area contributed by atoms with E-state index in [9.17, 15) is 18.0 Å². The fourth-order valence-electron chi connectivity index (χ4n) is 4.50. The van der Waals surface area contributed by atoms with Gasteiger partial charge in [-0.1, -0.05) is 81.6 Å². The van der Waals surface area contributed by atoms with Crippen LogP contribution in [0.5, 0.6) is 0 Å². The molecule has 0 spiro atoms. The van der Waals surface area contributed by atoms with Crippen LogP contribution in [-0.2, 0) is 32.6 Å². The van der Waals surface area contributed by atoms with Gasteiger partial charge in [-0.25, -0.2) is 8.42 Å². The number of sulfonamides is 1. The van der Waals surface area contributed by atoms with E-state index in [1.54, 1.807) is 11.0 Å². The quantitative estimate of drug-likeness (QED) is 0.224. The van der Waals surface area contributed by atoms with Gasteiger partial charge in [0.25, 0.3) is 0 Å². The summed E-state index contributed by atoms with van der Waals surface area (Å²) in [5.41, 5.74) is 1.50. The van der Waals surface area contributed by atoms with Crippen molar-refractivity contribution in [2.45, 2.75) is 58.2 Å². The van der Waals surface area contributed by atoms with Crippen LogP contribution in [0, 0.1) is 0 Å². The third-order valence-corrected chi connectivity index (χ3v) is 8.57. The number of halogens is 3. The molecule has 0 aliphatic rings. The highest BCUT2D eigenvalue weighted by atomic mass is 79.9. The first-order valence-corrected chi connectivity index (χ1v) is 16.9. The molecule has 11 heteroatoms. The largest absolute Gasteiger partial charge is 0.350 e. The summed E-state index contributed by atoms with van der Waals surface area (Å²) in [6, 6.07) is 20.9. The van der Waals surface area contributed by atoms with Crippen LogP contribution in [0.2, 0.25) is 10.0 Å². The monoisotopic (exact) mass is 695 g/mol. The van der Waals surface area contributed by atoms with E-state index < -0.39 is 21.6 Å². The Labute approximate surface area is 267 Å². The molecule has 0 saturated carbocycles. The molecular weight excluding hydrogens is 661 g/mol. The highest BCUT2D eigenvalue weighted by Gasteiger charge is 2.32. The minimum Gasteiger partial charge on any atom is -0.350 e. The fourth-order valence-corrected chi connectivity index (χ4v) is 6.35. The molecular formula is C31H36BrCl2N3O4S. The molecule has 1 atom stereocenters. The standard InChI is InChI=1S/C31H36BrCl2N3O4S/c1-31(2,3)35-30(39)28(19-22-10-6-5-7-11-22)36(21-23-12-8-13-24(32)18-23)29(38)14-9-17-37(42(4,40)41)27-20-25(33)15-16-26(27)34/h5-8,10-13,15-16,18,20,28H,9,14,17,19,21H2,1-4H3,(H,35,39)/t28-/m0/s1. The van der Waals surface area contributed by atoms with E-state index >= 15 is 0 Å². The third kappa shape index (κ3) is 10.3. The van der Waals surface area contributed by atoms with Crippen molar-refractivity contribution in [2.24, 2.45) is 0 Å². The van der Waals surface area contributed by atoms with E-state index in [4.69, 9.17) is 23.2 Å². The van der Waals surface area contributed by atoms with Gasteiger partial charge in [0.05, 0.1) is 17.0 Å².